The molecule has 1 atom stereocenters. The molecule has 1 amide bonds. The van der Waals surface area contributed by atoms with Crippen molar-refractivity contribution in [3.05, 3.63) is 65.7 Å². The molecule has 126 valence electrons. The molecule has 1 unspecified atom stereocenters. The number of nitrogens with zero attached hydrogens (tertiary/aromatic N) is 2. The first-order valence-electron chi connectivity index (χ1n) is 8.30. The van der Waals surface area contributed by atoms with Crippen molar-refractivity contribution in [2.75, 3.05) is 32.1 Å². The molecule has 1 fully saturated rings. The molecule has 0 radical (unpaired) electrons. The average Bonchev–Trinajstić information content (AvgIpc) is 3.00. The second-order valence-electron chi connectivity index (χ2n) is 6.70. The molecular weight excluding hydrogens is 300 g/mol. The highest BCUT2D eigenvalue weighted by Crippen LogP contribution is 2.32. The molecule has 2 aromatic carbocycles. The Kier molecular flexibility index (Phi) is 4.58. The Morgan fingerprint density at radius 3 is 2.42 bits per heavy atom. The molecule has 1 heterocycles. The number of amides is 1. The van der Waals surface area contributed by atoms with Gasteiger partial charge in [0.05, 0.1) is 13.0 Å². The van der Waals surface area contributed by atoms with E-state index in [0.717, 1.165) is 16.8 Å². The van der Waals surface area contributed by atoms with Gasteiger partial charge in [-0.15, -0.1) is 0 Å². The van der Waals surface area contributed by atoms with Gasteiger partial charge in [-0.05, 0) is 29.7 Å². The number of rotatable bonds is 4. The minimum atomic E-state index is -0.925. The van der Waals surface area contributed by atoms with Crippen LogP contribution in [0.15, 0.2) is 54.6 Å². The fourth-order valence-electron chi connectivity index (χ4n) is 3.19. The Balaban J connectivity index is 1.64. The van der Waals surface area contributed by atoms with Gasteiger partial charge < -0.3 is 14.9 Å². The lowest BCUT2D eigenvalue weighted by Gasteiger charge is -2.24. The Bertz CT molecular complexity index is 697. The van der Waals surface area contributed by atoms with E-state index in [2.05, 4.69) is 0 Å². The van der Waals surface area contributed by atoms with Crippen LogP contribution in [-0.2, 0) is 16.8 Å². The summed E-state index contributed by atoms with van der Waals surface area (Å²) in [5.74, 6) is 0.0689. The first-order valence-corrected chi connectivity index (χ1v) is 8.30. The summed E-state index contributed by atoms with van der Waals surface area (Å²) in [7, 11) is 3.99. The smallest absolute Gasteiger partial charge is 0.227 e. The second kappa shape index (κ2) is 6.65. The second-order valence-corrected chi connectivity index (χ2v) is 6.70. The van der Waals surface area contributed by atoms with E-state index in [1.165, 1.54) is 0 Å². The van der Waals surface area contributed by atoms with Crippen LogP contribution in [0.25, 0.3) is 0 Å². The normalized spacial score (nSPS) is 20.2. The van der Waals surface area contributed by atoms with Gasteiger partial charge in [0.1, 0.15) is 5.60 Å². The molecule has 1 aliphatic rings. The Hall–Kier alpha value is -2.33. The zero-order valence-corrected chi connectivity index (χ0v) is 14.3. The number of anilines is 1. The summed E-state index contributed by atoms with van der Waals surface area (Å²) in [6.45, 7) is 0.964. The van der Waals surface area contributed by atoms with Crippen molar-refractivity contribution in [2.45, 2.75) is 18.4 Å². The summed E-state index contributed by atoms with van der Waals surface area (Å²) in [5, 5.41) is 10.8. The molecule has 0 aliphatic carbocycles. The lowest BCUT2D eigenvalue weighted by molar-refractivity contribution is -0.130. The van der Waals surface area contributed by atoms with E-state index in [-0.39, 0.29) is 5.91 Å². The standard InChI is InChI=1S/C20H24N2O2/c1-21(2)18-10-8-16(9-11-18)14-19(23)22-13-12-20(24,15-22)17-6-4-3-5-7-17/h3-11,24H,12-15H2,1-2H3. The third-order valence-electron chi connectivity index (χ3n) is 4.72. The highest BCUT2D eigenvalue weighted by atomic mass is 16.3. The van der Waals surface area contributed by atoms with Gasteiger partial charge in [-0.1, -0.05) is 42.5 Å². The van der Waals surface area contributed by atoms with E-state index in [4.69, 9.17) is 0 Å². The first-order chi connectivity index (χ1) is 11.5. The molecule has 1 N–H and O–H groups in total. The zero-order chi connectivity index (χ0) is 17.2. The van der Waals surface area contributed by atoms with E-state index in [1.54, 1.807) is 4.90 Å². The molecule has 0 aromatic heterocycles. The van der Waals surface area contributed by atoms with E-state index >= 15 is 0 Å². The summed E-state index contributed by atoms with van der Waals surface area (Å²) in [4.78, 5) is 16.4. The zero-order valence-electron chi connectivity index (χ0n) is 14.3. The number of aliphatic hydroxyl groups is 1. The topological polar surface area (TPSA) is 43.8 Å². The lowest BCUT2D eigenvalue weighted by atomic mass is 9.93. The van der Waals surface area contributed by atoms with Gasteiger partial charge in [0.2, 0.25) is 5.91 Å². The van der Waals surface area contributed by atoms with E-state index in [1.807, 2.05) is 73.6 Å². The lowest BCUT2D eigenvalue weighted by Crippen LogP contribution is -2.35. The fourth-order valence-corrected chi connectivity index (χ4v) is 3.19. The largest absolute Gasteiger partial charge is 0.383 e. The number of likely N-dealkylation sites (tertiary alicyclic amines) is 1. The number of hydrogen-bond acceptors (Lipinski definition) is 3. The number of carbonyl (C=O) groups excluding carboxylic acids is 1. The molecule has 4 heteroatoms. The highest BCUT2D eigenvalue weighted by Gasteiger charge is 2.39. The molecule has 2 aromatic rings. The van der Waals surface area contributed by atoms with Crippen LogP contribution in [0.1, 0.15) is 17.5 Å². The van der Waals surface area contributed by atoms with Crippen LogP contribution in [0.4, 0.5) is 5.69 Å². The molecule has 0 spiro atoms. The van der Waals surface area contributed by atoms with E-state index in [0.29, 0.717) is 25.9 Å². The molecule has 0 saturated carbocycles. The molecule has 1 aliphatic heterocycles. The van der Waals surface area contributed by atoms with Crippen LogP contribution in [0.2, 0.25) is 0 Å². The number of hydrogen-bond donors (Lipinski definition) is 1. The van der Waals surface area contributed by atoms with Crippen molar-refractivity contribution in [3.63, 3.8) is 0 Å². The van der Waals surface area contributed by atoms with Crippen LogP contribution in [0, 0.1) is 0 Å². The maximum Gasteiger partial charge on any atom is 0.227 e. The van der Waals surface area contributed by atoms with Gasteiger partial charge in [0.15, 0.2) is 0 Å². The van der Waals surface area contributed by atoms with Crippen LogP contribution in [0.3, 0.4) is 0 Å². The predicted molar refractivity (Wildman–Crippen MR) is 96.0 cm³/mol. The van der Waals surface area contributed by atoms with Crippen molar-refractivity contribution >= 4 is 11.6 Å². The molecular formula is C20H24N2O2. The quantitative estimate of drug-likeness (QED) is 0.939. The summed E-state index contributed by atoms with van der Waals surface area (Å²) in [5.41, 5.74) is 2.08. The van der Waals surface area contributed by atoms with E-state index in [9.17, 15) is 9.90 Å². The van der Waals surface area contributed by atoms with E-state index < -0.39 is 5.60 Å². The predicted octanol–water partition coefficient (Wildman–Crippen LogP) is 2.42. The summed E-state index contributed by atoms with van der Waals surface area (Å²) in [6.07, 6.45) is 0.959. The first kappa shape index (κ1) is 16.5. The van der Waals surface area contributed by atoms with Gasteiger partial charge in [0.25, 0.3) is 0 Å². The maximum atomic E-state index is 12.6. The van der Waals surface area contributed by atoms with Crippen LogP contribution >= 0.6 is 0 Å². The molecule has 24 heavy (non-hydrogen) atoms. The Morgan fingerprint density at radius 1 is 1.12 bits per heavy atom. The fraction of sp³-hybridized carbons (Fsp3) is 0.350. The summed E-state index contributed by atoms with van der Waals surface area (Å²) in [6, 6.07) is 17.7. The van der Waals surface area contributed by atoms with Gasteiger partial charge in [-0.3, -0.25) is 4.79 Å². The monoisotopic (exact) mass is 324 g/mol. The highest BCUT2D eigenvalue weighted by molar-refractivity contribution is 5.79. The van der Waals surface area contributed by atoms with Crippen LogP contribution < -0.4 is 4.90 Å². The van der Waals surface area contributed by atoms with Crippen molar-refractivity contribution < 1.29 is 9.90 Å². The number of β-amino-alcohol motifs (C(OH)–C–C–N with tert-alkyl or cyclic N) is 1. The molecule has 4 nitrogen and oxygen atoms in total. The molecule has 0 bridgehead atoms. The van der Waals surface area contributed by atoms with Gasteiger partial charge in [-0.25, -0.2) is 0 Å². The Morgan fingerprint density at radius 2 is 1.79 bits per heavy atom. The Labute approximate surface area is 143 Å². The molecule has 1 saturated heterocycles. The summed E-state index contributed by atoms with van der Waals surface area (Å²) < 4.78 is 0. The number of carbonyl (C=O) groups is 1. The maximum absolute atomic E-state index is 12.6. The van der Waals surface area contributed by atoms with Crippen molar-refractivity contribution in [2.24, 2.45) is 0 Å². The minimum absolute atomic E-state index is 0.0689. The van der Waals surface area contributed by atoms with Crippen LogP contribution in [-0.4, -0.2) is 43.1 Å². The minimum Gasteiger partial charge on any atom is -0.383 e. The van der Waals surface area contributed by atoms with Gasteiger partial charge in [0, 0.05) is 26.3 Å². The van der Waals surface area contributed by atoms with Crippen molar-refractivity contribution in [1.82, 2.24) is 4.90 Å². The third kappa shape index (κ3) is 3.44. The van der Waals surface area contributed by atoms with Gasteiger partial charge >= 0.3 is 0 Å². The molecule has 3 rings (SSSR count). The van der Waals surface area contributed by atoms with Crippen LogP contribution in [0.5, 0.6) is 0 Å². The SMILES string of the molecule is CN(C)c1ccc(CC(=O)N2CCC(O)(c3ccccc3)C2)cc1. The van der Waals surface area contributed by atoms with Crippen molar-refractivity contribution in [1.29, 1.82) is 0 Å². The third-order valence-corrected chi connectivity index (χ3v) is 4.72. The van der Waals surface area contributed by atoms with Crippen molar-refractivity contribution in [3.8, 4) is 0 Å². The average molecular weight is 324 g/mol. The summed E-state index contributed by atoms with van der Waals surface area (Å²) >= 11 is 0. The number of benzene rings is 2. The van der Waals surface area contributed by atoms with Gasteiger partial charge in [-0.2, -0.15) is 0 Å².